The third-order valence-electron chi connectivity index (χ3n) is 3.42. The molecule has 0 saturated carbocycles. The van der Waals surface area contributed by atoms with Crippen LogP contribution in [0.5, 0.6) is 11.5 Å². The Balaban J connectivity index is 1.92. The van der Waals surface area contributed by atoms with E-state index in [-0.39, 0.29) is 5.91 Å². The first-order valence-electron chi connectivity index (χ1n) is 7.60. The molecule has 7 heteroatoms. The van der Waals surface area contributed by atoms with Gasteiger partial charge >= 0.3 is 0 Å². The standard InChI is InChI=1S/C18H20BrN3O3/c1-12(21-15-7-5-14(19)6-8-15)18(23)22-20-11-13-4-9-16(24-2)17(10-13)25-3/h4-12,21H,1-3H3,(H,22,23). The fraction of sp³-hybridized carbons (Fsp3) is 0.222. The molecule has 2 aromatic carbocycles. The summed E-state index contributed by atoms with van der Waals surface area (Å²) in [5, 5.41) is 7.09. The van der Waals surface area contributed by atoms with Gasteiger partial charge in [0.2, 0.25) is 0 Å². The van der Waals surface area contributed by atoms with Gasteiger partial charge in [-0.05, 0) is 55.0 Å². The highest BCUT2D eigenvalue weighted by Crippen LogP contribution is 2.26. The predicted octanol–water partition coefficient (Wildman–Crippen LogP) is 3.42. The lowest BCUT2D eigenvalue weighted by atomic mass is 10.2. The van der Waals surface area contributed by atoms with Crippen molar-refractivity contribution in [3.05, 3.63) is 52.5 Å². The molecule has 1 unspecified atom stereocenters. The normalized spacial score (nSPS) is 11.8. The molecule has 0 aliphatic heterocycles. The van der Waals surface area contributed by atoms with E-state index in [0.717, 1.165) is 15.7 Å². The largest absolute Gasteiger partial charge is 0.493 e. The van der Waals surface area contributed by atoms with Crippen LogP contribution in [0, 0.1) is 0 Å². The van der Waals surface area contributed by atoms with Crippen LogP contribution in [-0.2, 0) is 4.79 Å². The predicted molar refractivity (Wildman–Crippen MR) is 103 cm³/mol. The van der Waals surface area contributed by atoms with E-state index in [4.69, 9.17) is 9.47 Å². The van der Waals surface area contributed by atoms with Crippen LogP contribution in [0.4, 0.5) is 5.69 Å². The van der Waals surface area contributed by atoms with E-state index in [2.05, 4.69) is 31.8 Å². The Kier molecular flexibility index (Phi) is 6.82. The molecule has 0 bridgehead atoms. The molecule has 0 spiro atoms. The summed E-state index contributed by atoms with van der Waals surface area (Å²) in [5.74, 6) is 0.999. The Morgan fingerprint density at radius 2 is 1.80 bits per heavy atom. The van der Waals surface area contributed by atoms with Crippen LogP contribution >= 0.6 is 15.9 Å². The Morgan fingerprint density at radius 3 is 2.44 bits per heavy atom. The summed E-state index contributed by atoms with van der Waals surface area (Å²) < 4.78 is 11.4. The zero-order valence-electron chi connectivity index (χ0n) is 14.2. The van der Waals surface area contributed by atoms with Crippen molar-refractivity contribution in [1.29, 1.82) is 0 Å². The highest BCUT2D eigenvalue weighted by atomic mass is 79.9. The number of methoxy groups -OCH3 is 2. The van der Waals surface area contributed by atoms with E-state index in [1.807, 2.05) is 30.3 Å². The average Bonchev–Trinajstić information content (AvgIpc) is 2.63. The first-order chi connectivity index (χ1) is 12.0. The molecule has 25 heavy (non-hydrogen) atoms. The van der Waals surface area contributed by atoms with Crippen LogP contribution < -0.4 is 20.2 Å². The summed E-state index contributed by atoms with van der Waals surface area (Å²) in [6.45, 7) is 1.77. The van der Waals surface area contributed by atoms with Crippen molar-refractivity contribution in [3.63, 3.8) is 0 Å². The van der Waals surface area contributed by atoms with Gasteiger partial charge in [0.05, 0.1) is 20.4 Å². The van der Waals surface area contributed by atoms with E-state index in [9.17, 15) is 4.79 Å². The fourth-order valence-electron chi connectivity index (χ4n) is 2.06. The first kappa shape index (κ1) is 18.8. The number of hydrazone groups is 1. The molecular weight excluding hydrogens is 386 g/mol. The summed E-state index contributed by atoms with van der Waals surface area (Å²) in [6, 6.07) is 12.5. The quantitative estimate of drug-likeness (QED) is 0.546. The molecule has 0 fully saturated rings. The molecule has 0 aliphatic carbocycles. The van der Waals surface area contributed by atoms with E-state index in [1.54, 1.807) is 39.5 Å². The molecule has 1 atom stereocenters. The summed E-state index contributed by atoms with van der Waals surface area (Å²) in [7, 11) is 3.14. The van der Waals surface area contributed by atoms with Gasteiger partial charge in [-0.3, -0.25) is 4.79 Å². The van der Waals surface area contributed by atoms with E-state index in [1.165, 1.54) is 0 Å². The fourth-order valence-corrected chi connectivity index (χ4v) is 2.33. The summed E-state index contributed by atoms with van der Waals surface area (Å²) >= 11 is 3.37. The van der Waals surface area contributed by atoms with Crippen LogP contribution in [0.3, 0.4) is 0 Å². The number of rotatable bonds is 7. The van der Waals surface area contributed by atoms with Gasteiger partial charge in [-0.1, -0.05) is 15.9 Å². The van der Waals surface area contributed by atoms with Crippen LogP contribution in [0.2, 0.25) is 0 Å². The van der Waals surface area contributed by atoms with Crippen LogP contribution in [0.1, 0.15) is 12.5 Å². The van der Waals surface area contributed by atoms with Crippen molar-refractivity contribution >= 4 is 33.7 Å². The first-order valence-corrected chi connectivity index (χ1v) is 8.40. The summed E-state index contributed by atoms with van der Waals surface area (Å²) in [6.07, 6.45) is 1.55. The molecule has 1 amide bonds. The number of halogens is 1. The highest BCUT2D eigenvalue weighted by Gasteiger charge is 2.11. The number of hydrogen-bond donors (Lipinski definition) is 2. The minimum Gasteiger partial charge on any atom is -0.493 e. The molecule has 132 valence electrons. The number of nitrogens with one attached hydrogen (secondary N) is 2. The lowest BCUT2D eigenvalue weighted by molar-refractivity contribution is -0.121. The molecule has 2 rings (SSSR count). The molecular formula is C18H20BrN3O3. The SMILES string of the molecule is COc1ccc(C=NNC(=O)C(C)Nc2ccc(Br)cc2)cc1OC. The van der Waals surface area contributed by atoms with Crippen molar-refractivity contribution in [2.45, 2.75) is 13.0 Å². The van der Waals surface area contributed by atoms with E-state index >= 15 is 0 Å². The second-order valence-electron chi connectivity index (χ2n) is 5.22. The molecule has 2 N–H and O–H groups in total. The van der Waals surface area contributed by atoms with E-state index in [0.29, 0.717) is 11.5 Å². The number of hydrogen-bond acceptors (Lipinski definition) is 5. The number of amides is 1. The van der Waals surface area contributed by atoms with Crippen LogP contribution in [0.15, 0.2) is 52.0 Å². The van der Waals surface area contributed by atoms with E-state index < -0.39 is 6.04 Å². The van der Waals surface area contributed by atoms with Crippen molar-refractivity contribution in [1.82, 2.24) is 5.43 Å². The zero-order valence-corrected chi connectivity index (χ0v) is 15.8. The maximum absolute atomic E-state index is 12.1. The van der Waals surface area contributed by atoms with Gasteiger partial charge in [0, 0.05) is 10.2 Å². The van der Waals surface area contributed by atoms with Gasteiger partial charge in [-0.15, -0.1) is 0 Å². The summed E-state index contributed by atoms with van der Waals surface area (Å²) in [4.78, 5) is 12.1. The molecule has 2 aromatic rings. The van der Waals surface area contributed by atoms with Gasteiger partial charge in [-0.25, -0.2) is 5.43 Å². The minimum atomic E-state index is -0.427. The third kappa shape index (κ3) is 5.49. The second-order valence-corrected chi connectivity index (χ2v) is 6.14. The Hall–Kier alpha value is -2.54. The highest BCUT2D eigenvalue weighted by molar-refractivity contribution is 9.10. The number of nitrogens with zero attached hydrogens (tertiary/aromatic N) is 1. The Morgan fingerprint density at radius 1 is 1.12 bits per heavy atom. The number of anilines is 1. The molecule has 0 heterocycles. The molecule has 6 nitrogen and oxygen atoms in total. The van der Waals surface area contributed by atoms with Crippen molar-refractivity contribution in [2.24, 2.45) is 5.10 Å². The van der Waals surface area contributed by atoms with Crippen molar-refractivity contribution < 1.29 is 14.3 Å². The van der Waals surface area contributed by atoms with Crippen molar-refractivity contribution in [3.8, 4) is 11.5 Å². The smallest absolute Gasteiger partial charge is 0.262 e. The number of carbonyl (C=O) groups excluding carboxylic acids is 1. The van der Waals surface area contributed by atoms with Gasteiger partial charge in [0.15, 0.2) is 11.5 Å². The molecule has 0 saturated heterocycles. The molecule has 0 aliphatic rings. The topological polar surface area (TPSA) is 72.0 Å². The third-order valence-corrected chi connectivity index (χ3v) is 3.95. The van der Waals surface area contributed by atoms with Gasteiger partial charge in [-0.2, -0.15) is 5.10 Å². The Bertz CT molecular complexity index is 748. The van der Waals surface area contributed by atoms with Crippen LogP contribution in [0.25, 0.3) is 0 Å². The van der Waals surface area contributed by atoms with Crippen molar-refractivity contribution in [2.75, 3.05) is 19.5 Å². The minimum absolute atomic E-state index is 0.236. The maximum atomic E-state index is 12.1. The Labute approximate surface area is 155 Å². The lowest BCUT2D eigenvalue weighted by Crippen LogP contribution is -2.34. The average molecular weight is 406 g/mol. The number of benzene rings is 2. The lowest BCUT2D eigenvalue weighted by Gasteiger charge is -2.13. The van der Waals surface area contributed by atoms with Gasteiger partial charge < -0.3 is 14.8 Å². The van der Waals surface area contributed by atoms with Crippen LogP contribution in [-0.4, -0.2) is 32.4 Å². The number of ether oxygens (including phenoxy) is 2. The number of carbonyl (C=O) groups is 1. The molecule has 0 radical (unpaired) electrons. The summed E-state index contributed by atoms with van der Waals surface area (Å²) in [5.41, 5.74) is 4.16. The maximum Gasteiger partial charge on any atom is 0.262 e. The monoisotopic (exact) mass is 405 g/mol. The zero-order chi connectivity index (χ0) is 18.2. The van der Waals surface area contributed by atoms with Gasteiger partial charge in [0.1, 0.15) is 6.04 Å². The van der Waals surface area contributed by atoms with Gasteiger partial charge in [0.25, 0.3) is 5.91 Å². The molecule has 0 aromatic heterocycles. The second kappa shape index (κ2) is 9.08.